The predicted octanol–water partition coefficient (Wildman–Crippen LogP) is 4.32. The quantitative estimate of drug-likeness (QED) is 0.762. The summed E-state index contributed by atoms with van der Waals surface area (Å²) in [6.07, 6.45) is 0. The third-order valence-electron chi connectivity index (χ3n) is 3.72. The van der Waals surface area contributed by atoms with Crippen LogP contribution in [0.2, 0.25) is 0 Å². The van der Waals surface area contributed by atoms with Crippen molar-refractivity contribution in [2.45, 2.75) is 27.7 Å². The highest BCUT2D eigenvalue weighted by Crippen LogP contribution is 2.31. The van der Waals surface area contributed by atoms with E-state index in [1.807, 2.05) is 20.8 Å². The molecule has 0 saturated heterocycles. The minimum atomic E-state index is -0.340. The van der Waals surface area contributed by atoms with Gasteiger partial charge in [0.05, 0.1) is 4.88 Å². The first-order chi connectivity index (χ1) is 10.9. The summed E-state index contributed by atoms with van der Waals surface area (Å²) in [7, 11) is 0. The molecular formula is C17H16FN3OS. The molecule has 1 aromatic carbocycles. The van der Waals surface area contributed by atoms with Crippen LogP contribution >= 0.6 is 11.3 Å². The first-order valence-corrected chi connectivity index (χ1v) is 8.00. The molecule has 1 amide bonds. The van der Waals surface area contributed by atoms with Crippen molar-refractivity contribution in [1.29, 1.82) is 0 Å². The predicted molar refractivity (Wildman–Crippen MR) is 90.7 cm³/mol. The number of carbonyl (C=O) groups is 1. The molecule has 0 aliphatic rings. The number of carbonyl (C=O) groups excluding carboxylic acids is 1. The van der Waals surface area contributed by atoms with Gasteiger partial charge in [0.25, 0.3) is 5.91 Å². The SMILES string of the molecule is Cc1nc(C)c2c(C)c(C(=O)Nc3ccc(C)c(F)c3)sc2n1. The number of nitrogens with one attached hydrogen (secondary N) is 1. The van der Waals surface area contributed by atoms with Crippen molar-refractivity contribution in [2.75, 3.05) is 5.32 Å². The number of hydrogen-bond donors (Lipinski definition) is 1. The largest absolute Gasteiger partial charge is 0.321 e. The molecule has 0 aliphatic heterocycles. The molecule has 2 aromatic heterocycles. The van der Waals surface area contributed by atoms with E-state index in [2.05, 4.69) is 15.3 Å². The number of amides is 1. The highest BCUT2D eigenvalue weighted by Gasteiger charge is 2.19. The van der Waals surface area contributed by atoms with Crippen LogP contribution in [0.4, 0.5) is 10.1 Å². The minimum Gasteiger partial charge on any atom is -0.321 e. The molecule has 3 rings (SSSR count). The van der Waals surface area contributed by atoms with E-state index >= 15 is 0 Å². The Balaban J connectivity index is 1.99. The fourth-order valence-corrected chi connectivity index (χ4v) is 3.72. The number of thiophene rings is 1. The molecule has 0 unspecified atom stereocenters. The Bertz CT molecular complexity index is 933. The molecule has 1 N–H and O–H groups in total. The lowest BCUT2D eigenvalue weighted by atomic mass is 10.1. The van der Waals surface area contributed by atoms with E-state index in [9.17, 15) is 9.18 Å². The number of aryl methyl sites for hydroxylation is 4. The Morgan fingerprint density at radius 3 is 2.61 bits per heavy atom. The van der Waals surface area contributed by atoms with Crippen LogP contribution in [0.15, 0.2) is 18.2 Å². The van der Waals surface area contributed by atoms with Gasteiger partial charge < -0.3 is 5.32 Å². The monoisotopic (exact) mass is 329 g/mol. The molecule has 23 heavy (non-hydrogen) atoms. The average molecular weight is 329 g/mol. The van der Waals surface area contributed by atoms with Crippen LogP contribution in [0.25, 0.3) is 10.2 Å². The molecule has 6 heteroatoms. The molecule has 2 heterocycles. The summed E-state index contributed by atoms with van der Waals surface area (Å²) < 4.78 is 13.6. The number of hydrogen-bond acceptors (Lipinski definition) is 4. The highest BCUT2D eigenvalue weighted by molar-refractivity contribution is 7.20. The molecule has 0 atom stereocenters. The van der Waals surface area contributed by atoms with Gasteiger partial charge in [-0.3, -0.25) is 4.79 Å². The molecule has 4 nitrogen and oxygen atoms in total. The Labute approximate surface area is 137 Å². The topological polar surface area (TPSA) is 54.9 Å². The lowest BCUT2D eigenvalue weighted by Crippen LogP contribution is -2.11. The summed E-state index contributed by atoms with van der Waals surface area (Å²) in [5.41, 5.74) is 2.70. The van der Waals surface area contributed by atoms with E-state index < -0.39 is 0 Å². The molecule has 0 spiro atoms. The van der Waals surface area contributed by atoms with Gasteiger partial charge in [-0.15, -0.1) is 11.3 Å². The van der Waals surface area contributed by atoms with Gasteiger partial charge in [-0.05, 0) is 51.0 Å². The van der Waals surface area contributed by atoms with Gasteiger partial charge in [0.2, 0.25) is 0 Å². The zero-order valence-corrected chi connectivity index (χ0v) is 14.1. The fraction of sp³-hybridized carbons (Fsp3) is 0.235. The lowest BCUT2D eigenvalue weighted by Gasteiger charge is -2.06. The number of aromatic nitrogens is 2. The molecule has 0 bridgehead atoms. The first-order valence-electron chi connectivity index (χ1n) is 7.18. The molecule has 0 radical (unpaired) electrons. The number of benzene rings is 1. The van der Waals surface area contributed by atoms with Crippen molar-refractivity contribution in [3.05, 3.63) is 51.5 Å². The van der Waals surface area contributed by atoms with Crippen molar-refractivity contribution in [3.8, 4) is 0 Å². The summed E-state index contributed by atoms with van der Waals surface area (Å²) in [5, 5.41) is 3.66. The number of nitrogens with zero attached hydrogens (tertiary/aromatic N) is 2. The Morgan fingerprint density at radius 2 is 1.91 bits per heavy atom. The Morgan fingerprint density at radius 1 is 1.17 bits per heavy atom. The summed E-state index contributed by atoms with van der Waals surface area (Å²) >= 11 is 1.33. The van der Waals surface area contributed by atoms with Gasteiger partial charge in [-0.2, -0.15) is 0 Å². The van der Waals surface area contributed by atoms with Crippen molar-refractivity contribution in [3.63, 3.8) is 0 Å². The number of fused-ring (bicyclic) bond motifs is 1. The fourth-order valence-electron chi connectivity index (χ4n) is 2.55. The third-order valence-corrected chi connectivity index (χ3v) is 4.90. The van der Waals surface area contributed by atoms with E-state index in [4.69, 9.17) is 0 Å². The van der Waals surface area contributed by atoms with Crippen LogP contribution in [0, 0.1) is 33.5 Å². The molecule has 0 saturated carbocycles. The smallest absolute Gasteiger partial charge is 0.266 e. The second-order valence-corrected chi connectivity index (χ2v) is 6.51. The molecule has 3 aromatic rings. The maximum absolute atomic E-state index is 13.6. The average Bonchev–Trinajstić information content (AvgIpc) is 2.80. The van der Waals surface area contributed by atoms with Crippen molar-refractivity contribution in [2.24, 2.45) is 0 Å². The highest BCUT2D eigenvalue weighted by atomic mass is 32.1. The van der Waals surface area contributed by atoms with Crippen molar-refractivity contribution in [1.82, 2.24) is 9.97 Å². The third kappa shape index (κ3) is 2.82. The van der Waals surface area contributed by atoms with Gasteiger partial charge >= 0.3 is 0 Å². The maximum Gasteiger partial charge on any atom is 0.266 e. The molecular weight excluding hydrogens is 313 g/mol. The van der Waals surface area contributed by atoms with Gasteiger partial charge in [-0.25, -0.2) is 14.4 Å². The van der Waals surface area contributed by atoms with Gasteiger partial charge in [0.15, 0.2) is 0 Å². The first kappa shape index (κ1) is 15.6. The maximum atomic E-state index is 13.6. The summed E-state index contributed by atoms with van der Waals surface area (Å²) in [6, 6.07) is 4.65. The zero-order chi connectivity index (χ0) is 16.7. The van der Waals surface area contributed by atoms with Gasteiger partial charge in [0.1, 0.15) is 16.5 Å². The van der Waals surface area contributed by atoms with E-state index in [0.29, 0.717) is 22.0 Å². The van der Waals surface area contributed by atoms with Crippen molar-refractivity contribution < 1.29 is 9.18 Å². The van der Waals surface area contributed by atoms with E-state index in [-0.39, 0.29) is 11.7 Å². The summed E-state index contributed by atoms with van der Waals surface area (Å²) in [4.78, 5) is 22.7. The number of halogens is 1. The van der Waals surface area contributed by atoms with Crippen LogP contribution in [0.5, 0.6) is 0 Å². The van der Waals surface area contributed by atoms with E-state index in [0.717, 1.165) is 21.5 Å². The second-order valence-electron chi connectivity index (χ2n) is 5.51. The normalized spacial score (nSPS) is 11.0. The number of rotatable bonds is 2. The zero-order valence-electron chi connectivity index (χ0n) is 13.3. The van der Waals surface area contributed by atoms with Gasteiger partial charge in [0, 0.05) is 16.8 Å². The molecule has 0 fully saturated rings. The standard InChI is InChI=1S/C17H16FN3OS/c1-8-5-6-12(7-13(8)18)21-16(22)15-9(2)14-10(3)19-11(4)20-17(14)23-15/h5-7H,1-4H3,(H,21,22). The molecule has 0 aliphatic carbocycles. The lowest BCUT2D eigenvalue weighted by molar-refractivity contribution is 0.103. The Kier molecular flexibility index (Phi) is 3.85. The van der Waals surface area contributed by atoms with Crippen molar-refractivity contribution >= 4 is 33.1 Å². The van der Waals surface area contributed by atoms with Crippen LogP contribution in [0.1, 0.15) is 32.3 Å². The van der Waals surface area contributed by atoms with Crippen LogP contribution in [-0.4, -0.2) is 15.9 Å². The van der Waals surface area contributed by atoms with Crippen LogP contribution in [0.3, 0.4) is 0 Å². The minimum absolute atomic E-state index is 0.259. The summed E-state index contributed by atoms with van der Waals surface area (Å²) in [5.74, 6) is 0.0859. The second kappa shape index (κ2) is 5.70. The molecule has 118 valence electrons. The Hall–Kier alpha value is -2.34. The van der Waals surface area contributed by atoms with E-state index in [1.165, 1.54) is 17.4 Å². The van der Waals surface area contributed by atoms with Gasteiger partial charge in [-0.1, -0.05) is 6.07 Å². The number of anilines is 1. The summed E-state index contributed by atoms with van der Waals surface area (Å²) in [6.45, 7) is 7.31. The van der Waals surface area contributed by atoms with E-state index in [1.54, 1.807) is 19.1 Å². The van der Waals surface area contributed by atoms with Crippen LogP contribution < -0.4 is 5.32 Å². The van der Waals surface area contributed by atoms with Crippen LogP contribution in [-0.2, 0) is 0 Å².